The number of fused-ring (bicyclic) bond motifs is 1. The topological polar surface area (TPSA) is 96.0 Å². The number of rotatable bonds is 3. The standard InChI is InChI=1S/C14H14F3N3O5S/c15-14(16,17)25-10-3-1-9(2-4-10)7-12(21)19-5-6-20-11(8-19)13(22)18-26(20,23)24/h1-4,11H,5-8H2,(H,18,22). The smallest absolute Gasteiger partial charge is 0.406 e. The van der Waals surface area contributed by atoms with Crippen LogP contribution in [0.5, 0.6) is 5.75 Å². The van der Waals surface area contributed by atoms with Gasteiger partial charge in [0.05, 0.1) is 6.42 Å². The molecule has 12 heteroatoms. The summed E-state index contributed by atoms with van der Waals surface area (Å²) in [5.74, 6) is -1.43. The Bertz CT molecular complexity index is 825. The summed E-state index contributed by atoms with van der Waals surface area (Å²) in [5, 5.41) is 0. The largest absolute Gasteiger partial charge is 0.573 e. The fourth-order valence-corrected chi connectivity index (χ4v) is 4.17. The second-order valence-electron chi connectivity index (χ2n) is 5.81. The summed E-state index contributed by atoms with van der Waals surface area (Å²) in [5.41, 5.74) is 0.468. The van der Waals surface area contributed by atoms with Gasteiger partial charge in [0.15, 0.2) is 0 Å². The van der Waals surface area contributed by atoms with Gasteiger partial charge in [0.2, 0.25) is 5.91 Å². The first-order chi connectivity index (χ1) is 12.0. The highest BCUT2D eigenvalue weighted by atomic mass is 32.2. The summed E-state index contributed by atoms with van der Waals surface area (Å²) in [6.45, 7) is 0.0494. The zero-order valence-corrected chi connectivity index (χ0v) is 14.0. The van der Waals surface area contributed by atoms with Crippen molar-refractivity contribution in [2.75, 3.05) is 19.6 Å². The van der Waals surface area contributed by atoms with Crippen molar-refractivity contribution in [2.45, 2.75) is 18.8 Å². The quantitative estimate of drug-likeness (QED) is 0.781. The van der Waals surface area contributed by atoms with Crippen LogP contribution in [0, 0.1) is 0 Å². The lowest BCUT2D eigenvalue weighted by Crippen LogP contribution is -2.55. The number of carbonyl (C=O) groups is 2. The number of hydrogen-bond donors (Lipinski definition) is 1. The molecular weight excluding hydrogens is 379 g/mol. The molecular formula is C14H14F3N3O5S. The van der Waals surface area contributed by atoms with E-state index in [1.54, 1.807) is 0 Å². The van der Waals surface area contributed by atoms with Gasteiger partial charge in [0.25, 0.3) is 5.91 Å². The number of ether oxygens (including phenoxy) is 1. The van der Waals surface area contributed by atoms with Crippen LogP contribution in [-0.4, -0.2) is 61.5 Å². The summed E-state index contributed by atoms with van der Waals surface area (Å²) in [7, 11) is -3.83. The third-order valence-electron chi connectivity index (χ3n) is 4.04. The van der Waals surface area contributed by atoms with Gasteiger partial charge in [0, 0.05) is 19.6 Å². The van der Waals surface area contributed by atoms with Crippen molar-refractivity contribution in [1.82, 2.24) is 13.9 Å². The molecule has 0 spiro atoms. The van der Waals surface area contributed by atoms with Crippen LogP contribution >= 0.6 is 0 Å². The van der Waals surface area contributed by atoms with E-state index in [1.807, 2.05) is 4.72 Å². The summed E-state index contributed by atoms with van der Waals surface area (Å²) in [4.78, 5) is 25.4. The average Bonchev–Trinajstić information content (AvgIpc) is 2.77. The Balaban J connectivity index is 1.62. The Kier molecular flexibility index (Phi) is 4.56. The van der Waals surface area contributed by atoms with E-state index in [2.05, 4.69) is 4.74 Å². The van der Waals surface area contributed by atoms with Gasteiger partial charge in [-0.1, -0.05) is 12.1 Å². The lowest BCUT2D eigenvalue weighted by atomic mass is 10.1. The molecule has 0 aromatic heterocycles. The maximum atomic E-state index is 12.4. The number of amides is 2. The van der Waals surface area contributed by atoms with E-state index < -0.39 is 34.3 Å². The number of carbonyl (C=O) groups excluding carboxylic acids is 2. The molecule has 2 saturated heterocycles. The van der Waals surface area contributed by atoms with Crippen LogP contribution in [0.4, 0.5) is 13.2 Å². The van der Waals surface area contributed by atoms with Crippen LogP contribution in [0.15, 0.2) is 24.3 Å². The molecule has 2 amide bonds. The molecule has 3 rings (SSSR count). The fourth-order valence-electron chi connectivity index (χ4n) is 2.84. The molecule has 2 fully saturated rings. The van der Waals surface area contributed by atoms with Crippen LogP contribution in [0.2, 0.25) is 0 Å². The summed E-state index contributed by atoms with van der Waals surface area (Å²) in [6.07, 6.45) is -4.88. The molecule has 1 aromatic carbocycles. The van der Waals surface area contributed by atoms with Gasteiger partial charge in [-0.25, -0.2) is 4.72 Å². The van der Waals surface area contributed by atoms with Gasteiger partial charge in [-0.15, -0.1) is 13.2 Å². The lowest BCUT2D eigenvalue weighted by Gasteiger charge is -2.34. The lowest BCUT2D eigenvalue weighted by molar-refractivity contribution is -0.274. The van der Waals surface area contributed by atoms with Crippen molar-refractivity contribution in [3.05, 3.63) is 29.8 Å². The highest BCUT2D eigenvalue weighted by Crippen LogP contribution is 2.23. The average molecular weight is 393 g/mol. The van der Waals surface area contributed by atoms with Gasteiger partial charge < -0.3 is 9.64 Å². The predicted octanol–water partition coefficient (Wildman–Crippen LogP) is 0.0151. The zero-order chi connectivity index (χ0) is 19.1. The summed E-state index contributed by atoms with van der Waals surface area (Å²) >= 11 is 0. The van der Waals surface area contributed by atoms with Crippen molar-refractivity contribution < 1.29 is 35.9 Å². The SMILES string of the molecule is O=C1NS(=O)(=O)N2CCN(C(=O)Cc3ccc(OC(F)(F)F)cc3)CC12. The maximum absolute atomic E-state index is 12.4. The third kappa shape index (κ3) is 3.90. The number of piperazine rings is 1. The van der Waals surface area contributed by atoms with E-state index in [1.165, 1.54) is 17.0 Å². The second kappa shape index (κ2) is 6.43. The van der Waals surface area contributed by atoms with Crippen LogP contribution < -0.4 is 9.46 Å². The molecule has 0 radical (unpaired) electrons. The first kappa shape index (κ1) is 18.5. The maximum Gasteiger partial charge on any atom is 0.573 e. The second-order valence-corrected chi connectivity index (χ2v) is 7.43. The zero-order valence-electron chi connectivity index (χ0n) is 13.2. The van der Waals surface area contributed by atoms with Gasteiger partial charge in [-0.05, 0) is 17.7 Å². The predicted molar refractivity (Wildman–Crippen MR) is 81.0 cm³/mol. The number of hydrogen-bond acceptors (Lipinski definition) is 5. The number of nitrogens with zero attached hydrogens (tertiary/aromatic N) is 2. The van der Waals surface area contributed by atoms with E-state index in [4.69, 9.17) is 0 Å². The highest BCUT2D eigenvalue weighted by Gasteiger charge is 2.47. The van der Waals surface area contributed by atoms with Crippen LogP contribution in [-0.2, 0) is 26.2 Å². The summed E-state index contributed by atoms with van der Waals surface area (Å²) < 4.78 is 66.4. The van der Waals surface area contributed by atoms with Gasteiger partial charge in [-0.3, -0.25) is 9.59 Å². The molecule has 1 N–H and O–H groups in total. The normalized spacial score (nSPS) is 22.7. The Morgan fingerprint density at radius 3 is 2.50 bits per heavy atom. The van der Waals surface area contributed by atoms with E-state index in [0.29, 0.717) is 5.56 Å². The minimum Gasteiger partial charge on any atom is -0.406 e. The number of alkyl halides is 3. The number of nitrogens with one attached hydrogen (secondary N) is 1. The minimum atomic E-state index is -4.79. The third-order valence-corrected chi connectivity index (χ3v) is 5.55. The van der Waals surface area contributed by atoms with E-state index >= 15 is 0 Å². The van der Waals surface area contributed by atoms with Crippen LogP contribution in [0.25, 0.3) is 0 Å². The molecule has 0 saturated carbocycles. The molecule has 1 atom stereocenters. The number of benzene rings is 1. The fraction of sp³-hybridized carbons (Fsp3) is 0.429. The summed E-state index contributed by atoms with van der Waals surface area (Å²) in [6, 6.07) is 3.92. The van der Waals surface area contributed by atoms with Gasteiger partial charge in [-0.2, -0.15) is 12.7 Å². The molecule has 0 aliphatic carbocycles. The first-order valence-electron chi connectivity index (χ1n) is 7.51. The van der Waals surface area contributed by atoms with Crippen molar-refractivity contribution >= 4 is 22.0 Å². The van der Waals surface area contributed by atoms with E-state index in [9.17, 15) is 31.2 Å². The molecule has 0 bridgehead atoms. The van der Waals surface area contributed by atoms with Crippen molar-refractivity contribution in [3.8, 4) is 5.75 Å². The van der Waals surface area contributed by atoms with Crippen LogP contribution in [0.3, 0.4) is 0 Å². The van der Waals surface area contributed by atoms with Crippen molar-refractivity contribution in [1.29, 1.82) is 0 Å². The first-order valence-corrected chi connectivity index (χ1v) is 8.95. The van der Waals surface area contributed by atoms with Gasteiger partial charge in [0.1, 0.15) is 11.8 Å². The molecule has 8 nitrogen and oxygen atoms in total. The highest BCUT2D eigenvalue weighted by molar-refractivity contribution is 7.88. The van der Waals surface area contributed by atoms with Crippen LogP contribution in [0.1, 0.15) is 5.56 Å². The Morgan fingerprint density at radius 2 is 1.88 bits per heavy atom. The molecule has 142 valence electrons. The number of halogens is 3. The van der Waals surface area contributed by atoms with E-state index in [-0.39, 0.29) is 32.0 Å². The molecule has 2 heterocycles. The Morgan fingerprint density at radius 1 is 1.23 bits per heavy atom. The van der Waals surface area contributed by atoms with Crippen molar-refractivity contribution in [2.24, 2.45) is 0 Å². The van der Waals surface area contributed by atoms with E-state index in [0.717, 1.165) is 16.4 Å². The Hall–Kier alpha value is -2.34. The molecule has 26 heavy (non-hydrogen) atoms. The van der Waals surface area contributed by atoms with Crippen molar-refractivity contribution in [3.63, 3.8) is 0 Å². The van der Waals surface area contributed by atoms with Gasteiger partial charge >= 0.3 is 16.6 Å². The molecule has 2 aliphatic rings. The molecule has 1 unspecified atom stereocenters. The monoisotopic (exact) mass is 393 g/mol. The molecule has 1 aromatic rings. The minimum absolute atomic E-state index is 0.00413. The Labute approximate surface area is 146 Å². The molecule has 2 aliphatic heterocycles.